The summed E-state index contributed by atoms with van der Waals surface area (Å²) in [6.45, 7) is 2.94. The largest absolute Gasteiger partial charge is 0.404 e. The Morgan fingerprint density at radius 1 is 2.00 bits per heavy atom. The maximum absolute atomic E-state index is 7.33. The number of hydrogen-bond acceptors (Lipinski definition) is 2. The summed E-state index contributed by atoms with van der Waals surface area (Å²) < 4.78 is 0. The van der Waals surface area contributed by atoms with Crippen molar-refractivity contribution in [2.24, 2.45) is 5.16 Å². The molecule has 0 spiro atoms. The molecule has 4 heavy (non-hydrogen) atoms. The molecular weight excluding hydrogens is 54.0 g/mol. The molecule has 0 aromatic carbocycles. The number of hydrogen-bond donors (Lipinski definition) is 1. The molecule has 0 aromatic heterocycles. The molecule has 0 aromatic rings. The van der Waals surface area contributed by atoms with Crippen molar-refractivity contribution < 1.29 is 5.21 Å². The van der Waals surface area contributed by atoms with Gasteiger partial charge in [-0.25, -0.2) is 0 Å². The van der Waals surface area contributed by atoms with Crippen LogP contribution in [0.25, 0.3) is 0 Å². The highest BCUT2D eigenvalue weighted by molar-refractivity contribution is 5.44. The minimum Gasteiger partial charge on any atom is -0.404 e. The third-order valence-electron chi connectivity index (χ3n) is 0.0707. The van der Waals surface area contributed by atoms with E-state index < -0.39 is 0 Å². The SMILES string of the molecule is C=C=NO. The first kappa shape index (κ1) is 3.25. The molecular formula is C2H3NO. The number of nitrogens with zero attached hydrogens (tertiary/aromatic N) is 1. The standard InChI is InChI=1S/C2H3NO/c1-2-3-4/h4H,1H2. The second-order valence-electron chi connectivity index (χ2n) is 0.258. The summed E-state index contributed by atoms with van der Waals surface area (Å²) in [5, 5.41) is 9.70. The van der Waals surface area contributed by atoms with Crippen LogP contribution in [0, 0.1) is 0 Å². The fourth-order valence-electron chi connectivity index (χ4n) is 0. The average Bonchev–Trinajstić information content (AvgIpc) is 1.37. The zero-order chi connectivity index (χ0) is 3.41. The molecule has 0 fully saturated rings. The van der Waals surface area contributed by atoms with Gasteiger partial charge in [0.25, 0.3) is 0 Å². The fourth-order valence-corrected chi connectivity index (χ4v) is 0. The van der Waals surface area contributed by atoms with Crippen molar-refractivity contribution in [1.82, 2.24) is 0 Å². The monoisotopic (exact) mass is 57.0 g/mol. The molecule has 0 aliphatic rings. The Kier molecular flexibility index (Phi) is 1.83. The van der Waals surface area contributed by atoms with Crippen LogP contribution < -0.4 is 0 Å². The van der Waals surface area contributed by atoms with Crippen LogP contribution >= 0.6 is 0 Å². The van der Waals surface area contributed by atoms with Crippen LogP contribution in [-0.2, 0) is 0 Å². The van der Waals surface area contributed by atoms with E-state index in [1.54, 1.807) is 0 Å². The molecule has 0 saturated heterocycles. The molecule has 0 atom stereocenters. The van der Waals surface area contributed by atoms with Crippen molar-refractivity contribution in [3.63, 3.8) is 0 Å². The molecule has 0 heterocycles. The van der Waals surface area contributed by atoms with E-state index in [0.29, 0.717) is 0 Å². The normalized spacial score (nSPS) is 4.00. The van der Waals surface area contributed by atoms with Crippen molar-refractivity contribution in [3.05, 3.63) is 6.58 Å². The molecule has 2 nitrogen and oxygen atoms in total. The van der Waals surface area contributed by atoms with E-state index in [-0.39, 0.29) is 0 Å². The van der Waals surface area contributed by atoms with Gasteiger partial charge in [0.1, 0.15) is 0 Å². The third-order valence-corrected chi connectivity index (χ3v) is 0.0707. The van der Waals surface area contributed by atoms with Crippen molar-refractivity contribution in [2.75, 3.05) is 0 Å². The van der Waals surface area contributed by atoms with Gasteiger partial charge in [0.15, 0.2) is 0 Å². The molecule has 0 aliphatic carbocycles. The van der Waals surface area contributed by atoms with E-state index in [9.17, 15) is 0 Å². The Balaban J connectivity index is 3.11. The zero-order valence-corrected chi connectivity index (χ0v) is 2.10. The minimum absolute atomic E-state index is 1.86. The lowest BCUT2D eigenvalue weighted by molar-refractivity contribution is 0.323. The van der Waals surface area contributed by atoms with Gasteiger partial charge in [-0.3, -0.25) is 0 Å². The molecule has 22 valence electrons. The van der Waals surface area contributed by atoms with E-state index in [4.69, 9.17) is 5.21 Å². The Hall–Kier alpha value is -0.750. The Bertz CT molecular complexity index is 44.0. The zero-order valence-electron chi connectivity index (χ0n) is 2.10. The molecule has 0 aliphatic heterocycles. The highest BCUT2D eigenvalue weighted by atomic mass is 16.4. The minimum atomic E-state index is 1.86. The van der Waals surface area contributed by atoms with E-state index in [1.807, 2.05) is 5.87 Å². The molecule has 0 bridgehead atoms. The summed E-state index contributed by atoms with van der Waals surface area (Å²) in [7, 11) is 0. The smallest absolute Gasteiger partial charge is 0.0204 e. The first-order valence-corrected chi connectivity index (χ1v) is 0.777. The van der Waals surface area contributed by atoms with Crippen LogP contribution in [0.5, 0.6) is 0 Å². The van der Waals surface area contributed by atoms with E-state index >= 15 is 0 Å². The Morgan fingerprint density at radius 3 is 2.25 bits per heavy atom. The predicted octanol–water partition coefficient (Wildman–Crippen LogP) is 0.231. The van der Waals surface area contributed by atoms with Crippen molar-refractivity contribution >= 4 is 5.87 Å². The summed E-state index contributed by atoms with van der Waals surface area (Å²) in [6.07, 6.45) is 0. The first-order valence-electron chi connectivity index (χ1n) is 0.777. The molecule has 1 N–H and O–H groups in total. The van der Waals surface area contributed by atoms with Gasteiger partial charge in [0.05, 0.1) is 0 Å². The summed E-state index contributed by atoms with van der Waals surface area (Å²) in [5.41, 5.74) is 0. The lowest BCUT2D eigenvalue weighted by Gasteiger charge is -1.45. The first-order chi connectivity index (χ1) is 1.91. The van der Waals surface area contributed by atoms with Crippen molar-refractivity contribution in [3.8, 4) is 0 Å². The highest BCUT2D eigenvalue weighted by Gasteiger charge is 1.21. The third kappa shape index (κ3) is 1.25. The maximum atomic E-state index is 7.33. The van der Waals surface area contributed by atoms with Gasteiger partial charge < -0.3 is 5.21 Å². The average molecular weight is 57.1 g/mol. The van der Waals surface area contributed by atoms with E-state index in [2.05, 4.69) is 11.7 Å². The topological polar surface area (TPSA) is 32.6 Å². The summed E-state index contributed by atoms with van der Waals surface area (Å²) in [6, 6.07) is 0. The predicted molar refractivity (Wildman–Crippen MR) is 14.8 cm³/mol. The van der Waals surface area contributed by atoms with Crippen molar-refractivity contribution in [2.45, 2.75) is 0 Å². The molecule has 0 saturated carbocycles. The van der Waals surface area contributed by atoms with Gasteiger partial charge in [0.2, 0.25) is 0 Å². The van der Waals surface area contributed by atoms with Gasteiger partial charge in [-0.2, -0.15) is 0 Å². The second-order valence-corrected chi connectivity index (χ2v) is 0.258. The Labute approximate surface area is 24.1 Å². The lowest BCUT2D eigenvalue weighted by Crippen LogP contribution is -1.38. The molecule has 0 radical (unpaired) electrons. The molecule has 0 rings (SSSR count). The highest BCUT2D eigenvalue weighted by Crippen LogP contribution is 1.28. The fraction of sp³-hybridized carbons (Fsp3) is 0. The molecule has 0 unspecified atom stereocenters. The molecule has 2 heteroatoms. The van der Waals surface area contributed by atoms with E-state index in [1.165, 1.54) is 0 Å². The van der Waals surface area contributed by atoms with E-state index in [0.717, 1.165) is 0 Å². The number of rotatable bonds is 0. The second kappa shape index (κ2) is 2.25. The summed E-state index contributed by atoms with van der Waals surface area (Å²) >= 11 is 0. The van der Waals surface area contributed by atoms with Crippen LogP contribution in [-0.4, -0.2) is 11.1 Å². The summed E-state index contributed by atoms with van der Waals surface area (Å²) in [5.74, 6) is 1.86. The van der Waals surface area contributed by atoms with Gasteiger partial charge in [0, 0.05) is 5.87 Å². The van der Waals surface area contributed by atoms with Gasteiger partial charge in [-0.05, 0) is 11.7 Å². The quantitative estimate of drug-likeness (QED) is 0.241. The molecule has 0 amide bonds. The van der Waals surface area contributed by atoms with Crippen LogP contribution in [0.2, 0.25) is 0 Å². The van der Waals surface area contributed by atoms with Crippen LogP contribution in [0.3, 0.4) is 0 Å². The van der Waals surface area contributed by atoms with Crippen LogP contribution in [0.15, 0.2) is 11.7 Å². The van der Waals surface area contributed by atoms with Crippen molar-refractivity contribution in [1.29, 1.82) is 0 Å². The van der Waals surface area contributed by atoms with Crippen LogP contribution in [0.1, 0.15) is 0 Å². The maximum Gasteiger partial charge on any atom is 0.0204 e. The van der Waals surface area contributed by atoms with Gasteiger partial charge in [-0.1, -0.05) is 0 Å². The summed E-state index contributed by atoms with van der Waals surface area (Å²) in [4.78, 5) is 0. The lowest BCUT2D eigenvalue weighted by atomic mass is 11.2. The van der Waals surface area contributed by atoms with Gasteiger partial charge in [-0.15, -0.1) is 0 Å². The Morgan fingerprint density at radius 2 is 2.25 bits per heavy atom. The van der Waals surface area contributed by atoms with Gasteiger partial charge >= 0.3 is 0 Å². The van der Waals surface area contributed by atoms with Crippen LogP contribution in [0.4, 0.5) is 0 Å².